The predicted molar refractivity (Wildman–Crippen MR) is 128 cm³/mol. The Morgan fingerprint density at radius 3 is 2.69 bits per heavy atom. The molecule has 3 heterocycles. The Kier molecular flexibility index (Phi) is 5.91. The molecule has 0 bridgehead atoms. The fraction of sp³-hybridized carbons (Fsp3) is 0.360. The van der Waals surface area contributed by atoms with Crippen molar-refractivity contribution in [1.82, 2.24) is 24.8 Å². The van der Waals surface area contributed by atoms with Crippen molar-refractivity contribution >= 4 is 32.4 Å². The second-order valence-corrected chi connectivity index (χ2v) is 9.59. The van der Waals surface area contributed by atoms with E-state index in [1.165, 1.54) is 24.8 Å². The second kappa shape index (κ2) is 8.98. The van der Waals surface area contributed by atoms with Gasteiger partial charge in [-0.3, -0.25) is 14.3 Å². The molecule has 1 fully saturated rings. The summed E-state index contributed by atoms with van der Waals surface area (Å²) in [6.07, 6.45) is 18.8. The third-order valence-corrected chi connectivity index (χ3v) is 7.49. The second-order valence-electron chi connectivity index (χ2n) is 8.63. The summed E-state index contributed by atoms with van der Waals surface area (Å²) in [5.41, 5.74) is 1.83. The zero-order valence-electron chi connectivity index (χ0n) is 17.9. The highest BCUT2D eigenvalue weighted by Crippen LogP contribution is 2.38. The molecular weight excluding hydrogens is 466 g/mol. The summed E-state index contributed by atoms with van der Waals surface area (Å²) in [7, 11) is 0. The number of fused-ring (bicyclic) bond motifs is 1. The molecule has 3 aromatic rings. The van der Waals surface area contributed by atoms with Gasteiger partial charge in [0, 0.05) is 52.6 Å². The first-order chi connectivity index (χ1) is 15.7. The van der Waals surface area contributed by atoms with Crippen LogP contribution in [-0.4, -0.2) is 32.0 Å². The lowest BCUT2D eigenvalue weighted by atomic mass is 9.70. The summed E-state index contributed by atoms with van der Waals surface area (Å²) >= 11 is 3.72. The van der Waals surface area contributed by atoms with Crippen LogP contribution in [0.25, 0.3) is 16.5 Å². The number of carbonyl (C=O) groups excluding carboxylic acids is 1. The molecular formula is C25H26BrN5O. The minimum absolute atomic E-state index is 0.0551. The minimum atomic E-state index is -0.0583. The zero-order valence-corrected chi connectivity index (χ0v) is 19.5. The minimum Gasteiger partial charge on any atom is -0.351 e. The van der Waals surface area contributed by atoms with E-state index >= 15 is 0 Å². The average Bonchev–Trinajstić information content (AvgIpc) is 3.25. The number of rotatable bonds is 5. The third-order valence-electron chi connectivity index (χ3n) is 6.70. The van der Waals surface area contributed by atoms with Crippen LogP contribution >= 0.6 is 15.9 Å². The first-order valence-electron chi connectivity index (χ1n) is 11.2. The maximum absolute atomic E-state index is 13.5. The predicted octanol–water partition coefficient (Wildman–Crippen LogP) is 3.37. The van der Waals surface area contributed by atoms with Crippen molar-refractivity contribution in [3.8, 4) is 5.95 Å². The SMILES string of the molecule is O=C(NCC1(c2cccnc2)CCCCC1)c1cn(-c2ncccn2)c2c1=C(Br)CCC=2. The van der Waals surface area contributed by atoms with Gasteiger partial charge in [0.25, 0.3) is 5.91 Å². The third kappa shape index (κ3) is 3.90. The van der Waals surface area contributed by atoms with Crippen LogP contribution in [0, 0.1) is 0 Å². The zero-order chi connectivity index (χ0) is 22.0. The first-order valence-corrected chi connectivity index (χ1v) is 12.0. The summed E-state index contributed by atoms with van der Waals surface area (Å²) in [4.78, 5) is 26.6. The smallest absolute Gasteiger partial charge is 0.253 e. The Hall–Kier alpha value is -2.80. The van der Waals surface area contributed by atoms with Gasteiger partial charge in [0.15, 0.2) is 0 Å². The van der Waals surface area contributed by atoms with Gasteiger partial charge in [-0.2, -0.15) is 0 Å². The molecule has 5 rings (SSSR count). The molecule has 32 heavy (non-hydrogen) atoms. The molecule has 0 aromatic carbocycles. The van der Waals surface area contributed by atoms with Crippen molar-refractivity contribution in [3.05, 3.63) is 70.9 Å². The van der Waals surface area contributed by atoms with Crippen LogP contribution in [0.3, 0.4) is 0 Å². The largest absolute Gasteiger partial charge is 0.351 e. The van der Waals surface area contributed by atoms with Gasteiger partial charge in [0.2, 0.25) is 5.95 Å². The van der Waals surface area contributed by atoms with Gasteiger partial charge < -0.3 is 5.32 Å². The number of nitrogens with zero attached hydrogens (tertiary/aromatic N) is 4. The summed E-state index contributed by atoms with van der Waals surface area (Å²) in [6, 6.07) is 5.93. The summed E-state index contributed by atoms with van der Waals surface area (Å²) in [5, 5.41) is 5.19. The van der Waals surface area contributed by atoms with Crippen LogP contribution in [0.2, 0.25) is 0 Å². The van der Waals surface area contributed by atoms with Gasteiger partial charge in [-0.25, -0.2) is 9.97 Å². The van der Waals surface area contributed by atoms with Gasteiger partial charge in [-0.05, 0) is 43.4 Å². The average molecular weight is 492 g/mol. The molecule has 0 aliphatic heterocycles. The number of aromatic nitrogens is 4. The van der Waals surface area contributed by atoms with Crippen molar-refractivity contribution in [3.63, 3.8) is 0 Å². The number of hydrogen-bond acceptors (Lipinski definition) is 4. The van der Waals surface area contributed by atoms with Crippen molar-refractivity contribution in [2.24, 2.45) is 0 Å². The molecule has 0 atom stereocenters. The summed E-state index contributed by atoms with van der Waals surface area (Å²) in [5.74, 6) is 0.511. The van der Waals surface area contributed by atoms with Crippen LogP contribution in [0.1, 0.15) is 60.9 Å². The fourth-order valence-electron chi connectivity index (χ4n) is 5.04. The van der Waals surface area contributed by atoms with E-state index in [9.17, 15) is 4.79 Å². The van der Waals surface area contributed by atoms with E-state index in [4.69, 9.17) is 0 Å². The highest BCUT2D eigenvalue weighted by Gasteiger charge is 2.34. The van der Waals surface area contributed by atoms with Crippen LogP contribution < -0.4 is 15.9 Å². The van der Waals surface area contributed by atoms with Crippen molar-refractivity contribution in [1.29, 1.82) is 0 Å². The molecule has 2 aliphatic carbocycles. The number of carbonyl (C=O) groups is 1. The maximum atomic E-state index is 13.5. The lowest BCUT2D eigenvalue weighted by molar-refractivity contribution is 0.0935. The van der Waals surface area contributed by atoms with Crippen LogP contribution in [0.4, 0.5) is 0 Å². The standard InChI is InChI=1S/C25H26BrN5O/c26-20-8-4-9-21-22(20)19(16-31(21)24-28-13-6-14-29-24)23(32)30-17-25(10-2-1-3-11-25)18-7-5-12-27-15-18/h5-7,9,12-16H,1-4,8,10-11,17H2,(H,30,32). The molecule has 0 spiro atoms. The molecule has 7 heteroatoms. The van der Waals surface area contributed by atoms with Gasteiger partial charge in [-0.15, -0.1) is 0 Å². The Morgan fingerprint density at radius 1 is 1.12 bits per heavy atom. The fourth-order valence-corrected chi connectivity index (χ4v) is 5.68. The van der Waals surface area contributed by atoms with Gasteiger partial charge in [-0.1, -0.05) is 47.3 Å². The van der Waals surface area contributed by atoms with Crippen molar-refractivity contribution in [2.75, 3.05) is 6.54 Å². The lowest BCUT2D eigenvalue weighted by Crippen LogP contribution is -2.44. The maximum Gasteiger partial charge on any atom is 0.253 e. The monoisotopic (exact) mass is 491 g/mol. The van der Waals surface area contributed by atoms with Gasteiger partial charge in [0.05, 0.1) is 10.9 Å². The number of pyridine rings is 1. The van der Waals surface area contributed by atoms with E-state index in [1.54, 1.807) is 18.5 Å². The first kappa shape index (κ1) is 21.1. The molecule has 1 N–H and O–H groups in total. The molecule has 1 saturated carbocycles. The highest BCUT2D eigenvalue weighted by molar-refractivity contribution is 9.14. The number of nitrogens with one attached hydrogen (secondary N) is 1. The quantitative estimate of drug-likeness (QED) is 0.593. The Balaban J connectivity index is 1.49. The topological polar surface area (TPSA) is 72.7 Å². The normalized spacial score (nSPS) is 17.3. The summed E-state index contributed by atoms with van der Waals surface area (Å²) in [6.45, 7) is 0.612. The molecule has 0 unspecified atom stereocenters. The van der Waals surface area contributed by atoms with E-state index in [1.807, 2.05) is 29.2 Å². The molecule has 164 valence electrons. The van der Waals surface area contributed by atoms with E-state index < -0.39 is 0 Å². The van der Waals surface area contributed by atoms with Crippen molar-refractivity contribution in [2.45, 2.75) is 50.4 Å². The lowest BCUT2D eigenvalue weighted by Gasteiger charge is -2.37. The Labute approximate surface area is 195 Å². The van der Waals surface area contributed by atoms with E-state index in [0.717, 1.165) is 40.7 Å². The van der Waals surface area contributed by atoms with E-state index in [2.05, 4.69) is 48.3 Å². The molecule has 1 amide bonds. The Morgan fingerprint density at radius 2 is 1.94 bits per heavy atom. The molecule has 2 aliphatic rings. The van der Waals surface area contributed by atoms with Crippen LogP contribution in [0.5, 0.6) is 0 Å². The molecule has 0 saturated heterocycles. The Bertz CT molecular complexity index is 1230. The van der Waals surface area contributed by atoms with Gasteiger partial charge >= 0.3 is 0 Å². The highest BCUT2D eigenvalue weighted by atomic mass is 79.9. The molecule has 0 radical (unpaired) electrons. The molecule has 3 aromatic heterocycles. The number of hydrogen-bond donors (Lipinski definition) is 1. The molecule has 6 nitrogen and oxygen atoms in total. The number of halogens is 1. The van der Waals surface area contributed by atoms with E-state index in [-0.39, 0.29) is 11.3 Å². The van der Waals surface area contributed by atoms with E-state index in [0.29, 0.717) is 18.1 Å². The van der Waals surface area contributed by atoms with Crippen LogP contribution in [-0.2, 0) is 5.41 Å². The number of amides is 1. The van der Waals surface area contributed by atoms with Crippen LogP contribution in [0.15, 0.2) is 49.2 Å². The summed E-state index contributed by atoms with van der Waals surface area (Å²) < 4.78 is 2.97. The van der Waals surface area contributed by atoms with Gasteiger partial charge in [0.1, 0.15) is 0 Å². The van der Waals surface area contributed by atoms with Crippen molar-refractivity contribution < 1.29 is 4.79 Å².